The highest BCUT2D eigenvalue weighted by atomic mass is 16.6. The molecule has 0 saturated heterocycles. The number of carbonyl (C=O) groups excluding carboxylic acids is 3. The lowest BCUT2D eigenvalue weighted by molar-refractivity contribution is -0.889. The van der Waals surface area contributed by atoms with E-state index in [1.807, 2.05) is 0 Å². The van der Waals surface area contributed by atoms with E-state index in [0.717, 1.165) is 64.2 Å². The molecule has 0 N–H and O–H groups in total. The Kier molecular flexibility index (Phi) is 37.7. The van der Waals surface area contributed by atoms with Gasteiger partial charge in [0.1, 0.15) is 12.6 Å². The summed E-state index contributed by atoms with van der Waals surface area (Å²) >= 11 is 0. The van der Waals surface area contributed by atoms with Gasteiger partial charge in [-0.25, -0.2) is 0 Å². The smallest absolute Gasteiger partial charge is 0.306 e. The number of hydrogen-bond donors (Lipinski definition) is 0. The van der Waals surface area contributed by atoms with E-state index in [2.05, 4.69) is 50.3 Å². The summed E-state index contributed by atoms with van der Waals surface area (Å²) in [6.07, 6.45) is 44.5. The number of rotatable bonds is 41. The van der Waals surface area contributed by atoms with E-state index in [0.29, 0.717) is 12.8 Å². The summed E-state index contributed by atoms with van der Waals surface area (Å²) in [4.78, 5) is 36.9. The molecule has 56 heavy (non-hydrogen) atoms. The Bertz CT molecular complexity index is 1020. The van der Waals surface area contributed by atoms with Crippen molar-refractivity contribution in [3.8, 4) is 0 Å². The Morgan fingerprint density at radius 2 is 1.00 bits per heavy atom. The quantitative estimate of drug-likeness (QED) is 0.0263. The highest BCUT2D eigenvalue weighted by Gasteiger charge is 2.25. The molecule has 0 spiro atoms. The fraction of sp³-hybridized carbons (Fsp3) is 0.812. The maximum atomic E-state index is 12.7. The van der Waals surface area contributed by atoms with Crippen molar-refractivity contribution in [3.63, 3.8) is 0 Å². The summed E-state index contributed by atoms with van der Waals surface area (Å²) in [5.41, 5.74) is 0. The molecule has 0 rings (SSSR count). The monoisotopic (exact) mass is 790 g/mol. The number of carboxylic acids is 1. The maximum Gasteiger partial charge on any atom is 0.306 e. The van der Waals surface area contributed by atoms with E-state index >= 15 is 0 Å². The van der Waals surface area contributed by atoms with Crippen LogP contribution in [-0.4, -0.2) is 75.5 Å². The van der Waals surface area contributed by atoms with Crippen LogP contribution in [0.4, 0.5) is 0 Å². The van der Waals surface area contributed by atoms with Crippen LogP contribution in [0, 0.1) is 0 Å². The second-order valence-corrected chi connectivity index (χ2v) is 16.6. The summed E-state index contributed by atoms with van der Waals surface area (Å²) in [6.45, 7) is 4.56. The lowest BCUT2D eigenvalue weighted by Crippen LogP contribution is -2.55. The molecule has 0 heterocycles. The van der Waals surface area contributed by atoms with E-state index in [1.54, 1.807) is 21.1 Å². The number of unbranched alkanes of at least 4 members (excludes halogenated alkanes) is 21. The Hall–Kier alpha value is -2.45. The Morgan fingerprint density at radius 3 is 1.48 bits per heavy atom. The molecular formula is C48H87NO7. The summed E-state index contributed by atoms with van der Waals surface area (Å²) in [6, 6.07) is -0.726. The van der Waals surface area contributed by atoms with Crippen molar-refractivity contribution in [1.82, 2.24) is 0 Å². The Balaban J connectivity index is 4.32. The minimum Gasteiger partial charge on any atom is -0.544 e. The van der Waals surface area contributed by atoms with Crippen LogP contribution < -0.4 is 5.11 Å². The minimum absolute atomic E-state index is 0.0391. The zero-order chi connectivity index (χ0) is 41.4. The number of quaternary nitrogens is 1. The van der Waals surface area contributed by atoms with Crippen molar-refractivity contribution >= 4 is 17.9 Å². The van der Waals surface area contributed by atoms with Gasteiger partial charge >= 0.3 is 11.9 Å². The van der Waals surface area contributed by atoms with E-state index < -0.39 is 18.1 Å². The van der Waals surface area contributed by atoms with Gasteiger partial charge in [-0.05, 0) is 44.9 Å². The lowest BCUT2D eigenvalue weighted by Gasteiger charge is -2.34. The van der Waals surface area contributed by atoms with Gasteiger partial charge in [-0.15, -0.1) is 0 Å². The van der Waals surface area contributed by atoms with Crippen LogP contribution in [0.2, 0.25) is 0 Å². The third-order valence-corrected chi connectivity index (χ3v) is 10.3. The molecule has 0 radical (unpaired) electrons. The Morgan fingerprint density at radius 1 is 0.554 bits per heavy atom. The second-order valence-electron chi connectivity index (χ2n) is 16.6. The van der Waals surface area contributed by atoms with Gasteiger partial charge in [-0.2, -0.15) is 0 Å². The van der Waals surface area contributed by atoms with Gasteiger partial charge in [-0.3, -0.25) is 9.59 Å². The van der Waals surface area contributed by atoms with Crippen LogP contribution in [-0.2, 0) is 28.6 Å². The Labute approximate surface area is 344 Å². The topological polar surface area (TPSA) is 102 Å². The highest BCUT2D eigenvalue weighted by molar-refractivity contribution is 5.70. The number of nitrogens with zero attached hydrogens (tertiary/aromatic N) is 1. The number of hydrogen-bond acceptors (Lipinski definition) is 7. The van der Waals surface area contributed by atoms with Crippen molar-refractivity contribution < 1.29 is 38.2 Å². The number of likely N-dealkylation sites (N-methyl/N-ethyl adjacent to an activating group) is 1. The standard InChI is InChI=1S/C48H87NO7/c1-6-8-10-12-14-16-18-20-22-23-25-27-29-31-33-35-37-39-47(51)56-44(42-54-41-40-45(48(52)53)49(3,4)5)43-55-46(50)38-36-34-32-30-28-26-24-21-19-17-15-13-11-9-7-2/h8,10,14,16,20,22,44-45H,6-7,9,11-13,15,17-19,21,23-43H2,1-5H3/b10-8-,16-14-,22-20-. The number of esters is 2. The highest BCUT2D eigenvalue weighted by Crippen LogP contribution is 2.15. The predicted octanol–water partition coefficient (Wildman–Crippen LogP) is 11.3. The SMILES string of the molecule is CC/C=C\C/C=C\C/C=C\CCCCCCCCCC(=O)OC(COCCC(C(=O)[O-])[N+](C)(C)C)COC(=O)CCCCCCCCCCCCCCCCC. The van der Waals surface area contributed by atoms with Crippen LogP contribution in [0.5, 0.6) is 0 Å². The van der Waals surface area contributed by atoms with Gasteiger partial charge in [0.05, 0.1) is 40.3 Å². The average molecular weight is 790 g/mol. The van der Waals surface area contributed by atoms with Crippen molar-refractivity contribution in [1.29, 1.82) is 0 Å². The number of allylic oxidation sites excluding steroid dienone is 6. The molecule has 2 atom stereocenters. The first-order valence-electron chi connectivity index (χ1n) is 23.0. The first kappa shape index (κ1) is 53.6. The van der Waals surface area contributed by atoms with E-state index in [4.69, 9.17) is 14.2 Å². The maximum absolute atomic E-state index is 12.7. The summed E-state index contributed by atoms with van der Waals surface area (Å²) in [7, 11) is 5.41. The normalized spacial score (nSPS) is 13.2. The van der Waals surface area contributed by atoms with Crippen molar-refractivity contribution in [2.45, 2.75) is 212 Å². The average Bonchev–Trinajstić information content (AvgIpc) is 3.15. The predicted molar refractivity (Wildman–Crippen MR) is 231 cm³/mol. The molecule has 0 aromatic rings. The molecule has 0 aliphatic rings. The molecule has 0 aliphatic carbocycles. The summed E-state index contributed by atoms with van der Waals surface area (Å²) < 4.78 is 17.2. The van der Waals surface area contributed by atoms with Gasteiger partial charge in [0.25, 0.3) is 0 Å². The van der Waals surface area contributed by atoms with Crippen LogP contribution in [0.1, 0.15) is 200 Å². The van der Waals surface area contributed by atoms with Crippen molar-refractivity contribution in [2.24, 2.45) is 0 Å². The largest absolute Gasteiger partial charge is 0.544 e. The molecular weight excluding hydrogens is 703 g/mol. The van der Waals surface area contributed by atoms with Crippen molar-refractivity contribution in [2.75, 3.05) is 41.0 Å². The summed E-state index contributed by atoms with van der Waals surface area (Å²) in [5.74, 6) is -1.74. The number of aliphatic carboxylic acids is 1. The second kappa shape index (κ2) is 39.4. The molecule has 2 unspecified atom stereocenters. The zero-order valence-corrected chi connectivity index (χ0v) is 37.1. The molecule has 8 nitrogen and oxygen atoms in total. The molecule has 326 valence electrons. The third-order valence-electron chi connectivity index (χ3n) is 10.3. The zero-order valence-electron chi connectivity index (χ0n) is 37.1. The van der Waals surface area contributed by atoms with Crippen LogP contribution in [0.25, 0.3) is 0 Å². The van der Waals surface area contributed by atoms with E-state index in [1.165, 1.54) is 103 Å². The molecule has 0 aromatic heterocycles. The first-order chi connectivity index (χ1) is 27.1. The molecule has 0 fully saturated rings. The first-order valence-corrected chi connectivity index (χ1v) is 23.0. The third kappa shape index (κ3) is 37.1. The van der Waals surface area contributed by atoms with Gasteiger partial charge in [0.2, 0.25) is 0 Å². The van der Waals surface area contributed by atoms with E-state index in [-0.39, 0.29) is 42.7 Å². The van der Waals surface area contributed by atoms with Gasteiger partial charge in [0.15, 0.2) is 6.10 Å². The number of carbonyl (C=O) groups is 3. The number of carboxylic acid groups (broad SMARTS) is 1. The summed E-state index contributed by atoms with van der Waals surface area (Å²) in [5, 5.41) is 11.6. The van der Waals surface area contributed by atoms with Gasteiger partial charge < -0.3 is 28.6 Å². The van der Waals surface area contributed by atoms with Gasteiger partial charge in [0, 0.05) is 19.3 Å². The van der Waals surface area contributed by atoms with Crippen LogP contribution in [0.15, 0.2) is 36.5 Å². The minimum atomic E-state index is -1.13. The molecule has 8 heteroatoms. The molecule has 0 aliphatic heterocycles. The molecule has 0 aromatic carbocycles. The van der Waals surface area contributed by atoms with E-state index in [9.17, 15) is 19.5 Å². The van der Waals surface area contributed by atoms with Gasteiger partial charge in [-0.1, -0.05) is 172 Å². The van der Waals surface area contributed by atoms with Crippen molar-refractivity contribution in [3.05, 3.63) is 36.5 Å². The number of ether oxygens (including phenoxy) is 3. The fourth-order valence-corrected chi connectivity index (χ4v) is 6.73. The fourth-order valence-electron chi connectivity index (χ4n) is 6.73. The lowest BCUT2D eigenvalue weighted by atomic mass is 10.0. The molecule has 0 amide bonds. The molecule has 0 bridgehead atoms. The van der Waals surface area contributed by atoms with Crippen LogP contribution in [0.3, 0.4) is 0 Å². The van der Waals surface area contributed by atoms with Crippen LogP contribution >= 0.6 is 0 Å². The molecule has 0 saturated carbocycles.